The van der Waals surface area contributed by atoms with Crippen LogP contribution in [0.25, 0.3) is 0 Å². The molecule has 0 saturated heterocycles. The van der Waals surface area contributed by atoms with Gasteiger partial charge in [-0.1, -0.05) is 38.1 Å². The monoisotopic (exact) mass is 384 g/mol. The van der Waals surface area contributed by atoms with Gasteiger partial charge >= 0.3 is 0 Å². The number of nitrogens with one attached hydrogen (secondary N) is 2. The molecule has 5 nitrogen and oxygen atoms in total. The summed E-state index contributed by atoms with van der Waals surface area (Å²) in [5, 5.41) is 5.54. The quantitative estimate of drug-likeness (QED) is 0.790. The number of carbonyl (C=O) groups is 2. The number of thioether (sulfide) groups is 1. The zero-order chi connectivity index (χ0) is 19.4. The lowest BCUT2D eigenvalue weighted by atomic mass is 9.95. The number of para-hydroxylation sites is 1. The maximum Gasteiger partial charge on any atom is 0.238 e. The van der Waals surface area contributed by atoms with Gasteiger partial charge in [0.15, 0.2) is 0 Å². The van der Waals surface area contributed by atoms with Crippen molar-refractivity contribution in [3.05, 3.63) is 54.1 Å². The molecule has 3 rings (SSSR count). The lowest BCUT2D eigenvalue weighted by molar-refractivity contribution is -0.124. The second kappa shape index (κ2) is 8.48. The number of methoxy groups -OCH3 is 1. The maximum absolute atomic E-state index is 12.7. The number of carbonyl (C=O) groups excluding carboxylic acids is 2. The van der Waals surface area contributed by atoms with Crippen molar-refractivity contribution in [2.75, 3.05) is 12.4 Å². The highest BCUT2D eigenvalue weighted by Crippen LogP contribution is 2.36. The van der Waals surface area contributed by atoms with Crippen LogP contribution >= 0.6 is 11.8 Å². The van der Waals surface area contributed by atoms with E-state index in [2.05, 4.69) is 24.5 Å². The van der Waals surface area contributed by atoms with Crippen LogP contribution in [-0.4, -0.2) is 24.2 Å². The second-order valence-electron chi connectivity index (χ2n) is 6.86. The molecular formula is C21H24N2O3S. The fourth-order valence-electron chi connectivity index (χ4n) is 3.07. The molecule has 6 heteroatoms. The number of hydrogen-bond donors (Lipinski definition) is 2. The third-order valence-electron chi connectivity index (χ3n) is 4.54. The van der Waals surface area contributed by atoms with Gasteiger partial charge in [-0.15, -0.1) is 11.8 Å². The summed E-state index contributed by atoms with van der Waals surface area (Å²) in [6.45, 7) is 4.13. The summed E-state index contributed by atoms with van der Waals surface area (Å²) in [6, 6.07) is 15.2. The van der Waals surface area contributed by atoms with Gasteiger partial charge in [0.05, 0.1) is 24.1 Å². The van der Waals surface area contributed by atoms with Gasteiger partial charge in [0.25, 0.3) is 0 Å². The number of ether oxygens (including phenoxy) is 1. The topological polar surface area (TPSA) is 67.4 Å². The molecule has 0 aromatic heterocycles. The van der Waals surface area contributed by atoms with Crippen molar-refractivity contribution < 1.29 is 14.3 Å². The van der Waals surface area contributed by atoms with Crippen molar-refractivity contribution in [1.29, 1.82) is 0 Å². The van der Waals surface area contributed by atoms with E-state index < -0.39 is 5.25 Å². The van der Waals surface area contributed by atoms with E-state index >= 15 is 0 Å². The molecule has 27 heavy (non-hydrogen) atoms. The smallest absolute Gasteiger partial charge is 0.238 e. The maximum atomic E-state index is 12.7. The van der Waals surface area contributed by atoms with E-state index in [9.17, 15) is 9.59 Å². The summed E-state index contributed by atoms with van der Waals surface area (Å²) >= 11 is 1.44. The van der Waals surface area contributed by atoms with Crippen LogP contribution in [0.15, 0.2) is 53.4 Å². The molecule has 2 N–H and O–H groups in total. The third kappa shape index (κ3) is 4.63. The first-order valence-electron chi connectivity index (χ1n) is 8.98. The number of fused-ring (bicyclic) bond motifs is 1. The van der Waals surface area contributed by atoms with E-state index in [1.165, 1.54) is 11.8 Å². The Hall–Kier alpha value is -2.47. The minimum atomic E-state index is -0.427. The van der Waals surface area contributed by atoms with Gasteiger partial charge in [-0.05, 0) is 35.7 Å². The van der Waals surface area contributed by atoms with Crippen LogP contribution in [-0.2, 0) is 9.59 Å². The Morgan fingerprint density at radius 1 is 1.19 bits per heavy atom. The molecule has 0 saturated carbocycles. The molecule has 2 amide bonds. The summed E-state index contributed by atoms with van der Waals surface area (Å²) in [5.74, 6) is 0.744. The van der Waals surface area contributed by atoms with Gasteiger partial charge in [-0.2, -0.15) is 0 Å². The fraction of sp³-hybridized carbons (Fsp3) is 0.333. The molecule has 0 spiro atoms. The van der Waals surface area contributed by atoms with Gasteiger partial charge in [0, 0.05) is 11.3 Å². The molecule has 0 bridgehead atoms. The molecule has 1 heterocycles. The Bertz CT molecular complexity index is 820. The Labute approximate surface area is 163 Å². The van der Waals surface area contributed by atoms with Crippen molar-refractivity contribution in [2.24, 2.45) is 5.92 Å². The van der Waals surface area contributed by atoms with Crippen LogP contribution in [0.1, 0.15) is 31.9 Å². The van der Waals surface area contributed by atoms with Gasteiger partial charge in [0.1, 0.15) is 5.75 Å². The Kier molecular flexibility index (Phi) is 6.06. The molecule has 0 aliphatic carbocycles. The van der Waals surface area contributed by atoms with E-state index in [-0.39, 0.29) is 30.2 Å². The highest BCUT2D eigenvalue weighted by molar-refractivity contribution is 8.01. The average Bonchev–Trinajstić information content (AvgIpc) is 2.66. The third-order valence-corrected chi connectivity index (χ3v) is 5.81. The molecule has 2 unspecified atom stereocenters. The average molecular weight is 385 g/mol. The predicted molar refractivity (Wildman–Crippen MR) is 108 cm³/mol. The highest BCUT2D eigenvalue weighted by Gasteiger charge is 2.30. The molecule has 1 aliphatic rings. The largest absolute Gasteiger partial charge is 0.497 e. The zero-order valence-corrected chi connectivity index (χ0v) is 16.5. The molecule has 2 atom stereocenters. The highest BCUT2D eigenvalue weighted by atomic mass is 32.2. The first-order chi connectivity index (χ1) is 13.0. The van der Waals surface area contributed by atoms with E-state index in [0.29, 0.717) is 0 Å². The molecule has 2 aromatic carbocycles. The predicted octanol–water partition coefficient (Wildman–Crippen LogP) is 4.01. The number of benzene rings is 2. The summed E-state index contributed by atoms with van der Waals surface area (Å²) in [7, 11) is 1.63. The molecule has 142 valence electrons. The zero-order valence-electron chi connectivity index (χ0n) is 15.7. The lowest BCUT2D eigenvalue weighted by Gasteiger charge is -2.26. The molecule has 2 aromatic rings. The van der Waals surface area contributed by atoms with E-state index in [0.717, 1.165) is 21.9 Å². The Morgan fingerprint density at radius 2 is 1.89 bits per heavy atom. The molecule has 0 fully saturated rings. The molecule has 0 radical (unpaired) electrons. The summed E-state index contributed by atoms with van der Waals surface area (Å²) in [5.41, 5.74) is 1.83. The van der Waals surface area contributed by atoms with Crippen LogP contribution < -0.4 is 15.4 Å². The minimum absolute atomic E-state index is 0.118. The van der Waals surface area contributed by atoms with Crippen LogP contribution in [0.4, 0.5) is 5.69 Å². The van der Waals surface area contributed by atoms with Gasteiger partial charge in [-0.3, -0.25) is 9.59 Å². The Morgan fingerprint density at radius 3 is 2.56 bits per heavy atom. The first-order valence-corrected chi connectivity index (χ1v) is 9.85. The van der Waals surface area contributed by atoms with Crippen molar-refractivity contribution in [2.45, 2.75) is 36.5 Å². The number of anilines is 1. The summed E-state index contributed by atoms with van der Waals surface area (Å²) < 4.78 is 5.20. The van der Waals surface area contributed by atoms with E-state index in [1.54, 1.807) is 7.11 Å². The van der Waals surface area contributed by atoms with Crippen molar-refractivity contribution >= 4 is 29.3 Å². The molecular weight excluding hydrogens is 360 g/mol. The second-order valence-corrected chi connectivity index (χ2v) is 8.10. The Balaban J connectivity index is 1.67. The number of rotatable bonds is 6. The van der Waals surface area contributed by atoms with Crippen molar-refractivity contribution in [1.82, 2.24) is 5.32 Å². The minimum Gasteiger partial charge on any atom is -0.497 e. The van der Waals surface area contributed by atoms with Gasteiger partial charge in [0.2, 0.25) is 11.8 Å². The van der Waals surface area contributed by atoms with Crippen LogP contribution in [0.5, 0.6) is 5.75 Å². The normalized spacial score (nSPS) is 17.0. The van der Waals surface area contributed by atoms with Gasteiger partial charge in [-0.25, -0.2) is 0 Å². The number of amides is 2. The van der Waals surface area contributed by atoms with Crippen molar-refractivity contribution in [3.63, 3.8) is 0 Å². The summed E-state index contributed by atoms with van der Waals surface area (Å²) in [4.78, 5) is 26.0. The first kappa shape index (κ1) is 19.3. The van der Waals surface area contributed by atoms with Crippen LogP contribution in [0.3, 0.4) is 0 Å². The fourth-order valence-corrected chi connectivity index (χ4v) is 4.18. The van der Waals surface area contributed by atoms with E-state index in [1.807, 2.05) is 48.5 Å². The summed E-state index contributed by atoms with van der Waals surface area (Å²) in [6.07, 6.45) is 0.143. The SMILES string of the molecule is COc1ccc(C(NC(=O)CC2Sc3ccccc3NC2=O)C(C)C)cc1. The van der Waals surface area contributed by atoms with Crippen LogP contribution in [0.2, 0.25) is 0 Å². The number of hydrogen-bond acceptors (Lipinski definition) is 4. The van der Waals surface area contributed by atoms with Crippen LogP contribution in [0, 0.1) is 5.92 Å². The van der Waals surface area contributed by atoms with Crippen molar-refractivity contribution in [3.8, 4) is 5.75 Å². The molecule has 1 aliphatic heterocycles. The standard InChI is InChI=1S/C21H24N2O3S/c1-13(2)20(14-8-10-15(26-3)11-9-14)23-19(24)12-18-21(25)22-16-6-4-5-7-17(16)27-18/h4-11,13,18,20H,12H2,1-3H3,(H,22,25)(H,23,24). The lowest BCUT2D eigenvalue weighted by Crippen LogP contribution is -2.37. The van der Waals surface area contributed by atoms with Gasteiger partial charge < -0.3 is 15.4 Å². The van der Waals surface area contributed by atoms with E-state index in [4.69, 9.17) is 4.74 Å².